The first-order chi connectivity index (χ1) is 10.8. The van der Waals surface area contributed by atoms with Crippen molar-refractivity contribution in [2.45, 2.75) is 0 Å². The van der Waals surface area contributed by atoms with Gasteiger partial charge in [0.25, 0.3) is 0 Å². The van der Waals surface area contributed by atoms with Crippen LogP contribution in [0.4, 0.5) is 0 Å². The van der Waals surface area contributed by atoms with Crippen molar-refractivity contribution in [2.75, 3.05) is 6.79 Å². The molecule has 3 aromatic rings. The summed E-state index contributed by atoms with van der Waals surface area (Å²) in [6.45, 7) is 0.0395. The Kier molecular flexibility index (Phi) is 2.76. The third-order valence-electron chi connectivity index (χ3n) is 3.81. The van der Waals surface area contributed by atoms with Crippen LogP contribution in [-0.4, -0.2) is 17.9 Å². The Morgan fingerprint density at radius 2 is 1.50 bits per heavy atom. The maximum absolute atomic E-state index is 11.9. The Morgan fingerprint density at radius 1 is 0.864 bits per heavy atom. The van der Waals surface area contributed by atoms with Crippen LogP contribution in [0.25, 0.3) is 21.9 Å². The second kappa shape index (κ2) is 4.77. The smallest absolute Gasteiger partial charge is 0.340 e. The molecule has 0 saturated heterocycles. The molecule has 3 aromatic carbocycles. The third kappa shape index (κ3) is 1.74. The summed E-state index contributed by atoms with van der Waals surface area (Å²) in [6, 6.07) is 17.1. The van der Waals surface area contributed by atoms with Crippen molar-refractivity contribution in [3.8, 4) is 22.6 Å². The first-order valence-electron chi connectivity index (χ1n) is 6.90. The SMILES string of the molecule is O=C(O)c1c2c(c3ccccc3c1-c1ccccc1)OCO2. The summed E-state index contributed by atoms with van der Waals surface area (Å²) in [4.78, 5) is 11.9. The van der Waals surface area contributed by atoms with Crippen molar-refractivity contribution in [1.82, 2.24) is 0 Å². The Morgan fingerprint density at radius 3 is 2.23 bits per heavy atom. The summed E-state index contributed by atoms with van der Waals surface area (Å²) < 4.78 is 11.0. The number of carboxylic acid groups (broad SMARTS) is 1. The molecule has 0 fully saturated rings. The minimum atomic E-state index is -1.02. The molecular formula is C18H12O4. The lowest BCUT2D eigenvalue weighted by Crippen LogP contribution is -2.03. The third-order valence-corrected chi connectivity index (χ3v) is 3.81. The number of carboxylic acids is 1. The second-order valence-corrected chi connectivity index (χ2v) is 5.03. The lowest BCUT2D eigenvalue weighted by molar-refractivity contribution is 0.0693. The van der Waals surface area contributed by atoms with Gasteiger partial charge in [-0.2, -0.15) is 0 Å². The predicted octanol–water partition coefficient (Wildman–Crippen LogP) is 3.93. The van der Waals surface area contributed by atoms with E-state index in [9.17, 15) is 9.90 Å². The summed E-state index contributed by atoms with van der Waals surface area (Å²) in [5, 5.41) is 11.4. The van der Waals surface area contributed by atoms with E-state index in [1.165, 1.54) is 0 Å². The van der Waals surface area contributed by atoms with Gasteiger partial charge in [-0.25, -0.2) is 4.79 Å². The molecule has 0 aromatic heterocycles. The molecule has 4 nitrogen and oxygen atoms in total. The van der Waals surface area contributed by atoms with Crippen LogP contribution in [0.15, 0.2) is 54.6 Å². The zero-order chi connectivity index (χ0) is 15.1. The minimum Gasteiger partial charge on any atom is -0.478 e. The number of aromatic carboxylic acids is 1. The highest BCUT2D eigenvalue weighted by molar-refractivity contribution is 6.13. The molecule has 1 aliphatic rings. The highest BCUT2D eigenvalue weighted by Crippen LogP contribution is 2.48. The maximum atomic E-state index is 11.9. The fraction of sp³-hybridized carbons (Fsp3) is 0.0556. The summed E-state index contributed by atoms with van der Waals surface area (Å²) >= 11 is 0. The zero-order valence-electron chi connectivity index (χ0n) is 11.6. The van der Waals surface area contributed by atoms with E-state index in [4.69, 9.17) is 9.47 Å². The minimum absolute atomic E-state index is 0.0395. The highest BCUT2D eigenvalue weighted by atomic mass is 16.7. The largest absolute Gasteiger partial charge is 0.478 e. The van der Waals surface area contributed by atoms with Crippen molar-refractivity contribution in [3.05, 3.63) is 60.2 Å². The molecule has 22 heavy (non-hydrogen) atoms. The molecule has 0 radical (unpaired) electrons. The summed E-state index contributed by atoms with van der Waals surface area (Å²) in [7, 11) is 0. The molecule has 0 saturated carbocycles. The van der Waals surface area contributed by atoms with E-state index in [1.807, 2.05) is 54.6 Å². The number of ether oxygens (including phenoxy) is 2. The van der Waals surface area contributed by atoms with E-state index in [1.54, 1.807) is 0 Å². The van der Waals surface area contributed by atoms with Crippen molar-refractivity contribution in [2.24, 2.45) is 0 Å². The molecule has 0 bridgehead atoms. The summed E-state index contributed by atoms with van der Waals surface area (Å²) in [6.07, 6.45) is 0. The molecule has 0 spiro atoms. The van der Waals surface area contributed by atoms with E-state index in [0.717, 1.165) is 16.3 Å². The predicted molar refractivity (Wildman–Crippen MR) is 82.5 cm³/mol. The average Bonchev–Trinajstić information content (AvgIpc) is 3.03. The van der Waals surface area contributed by atoms with Gasteiger partial charge >= 0.3 is 5.97 Å². The van der Waals surface area contributed by atoms with Crippen molar-refractivity contribution < 1.29 is 19.4 Å². The lowest BCUT2D eigenvalue weighted by Gasteiger charge is -2.14. The van der Waals surface area contributed by atoms with Gasteiger partial charge in [0.15, 0.2) is 11.5 Å². The van der Waals surface area contributed by atoms with Gasteiger partial charge < -0.3 is 14.6 Å². The van der Waals surface area contributed by atoms with Crippen LogP contribution in [0, 0.1) is 0 Å². The van der Waals surface area contributed by atoms with Gasteiger partial charge in [0.05, 0.1) is 0 Å². The summed E-state index contributed by atoms with van der Waals surface area (Å²) in [5.41, 5.74) is 1.65. The second-order valence-electron chi connectivity index (χ2n) is 5.03. The van der Waals surface area contributed by atoms with Gasteiger partial charge in [0, 0.05) is 10.9 Å². The van der Waals surface area contributed by atoms with Crippen LogP contribution in [0.1, 0.15) is 10.4 Å². The monoisotopic (exact) mass is 292 g/mol. The van der Waals surface area contributed by atoms with E-state index in [0.29, 0.717) is 17.1 Å². The number of carbonyl (C=O) groups is 1. The van der Waals surface area contributed by atoms with Gasteiger partial charge in [0.2, 0.25) is 6.79 Å². The fourth-order valence-corrected chi connectivity index (χ4v) is 2.92. The molecule has 0 unspecified atom stereocenters. The first kappa shape index (κ1) is 12.7. The van der Waals surface area contributed by atoms with Gasteiger partial charge in [-0.15, -0.1) is 0 Å². The van der Waals surface area contributed by atoms with Gasteiger partial charge in [0.1, 0.15) is 5.56 Å². The van der Waals surface area contributed by atoms with Crippen molar-refractivity contribution in [1.29, 1.82) is 0 Å². The van der Waals surface area contributed by atoms with Crippen LogP contribution < -0.4 is 9.47 Å². The Hall–Kier alpha value is -3.01. The number of fused-ring (bicyclic) bond motifs is 3. The van der Waals surface area contributed by atoms with E-state index in [-0.39, 0.29) is 12.4 Å². The fourth-order valence-electron chi connectivity index (χ4n) is 2.92. The standard InChI is InChI=1S/C18H12O4/c19-18(20)15-14(11-6-2-1-3-7-11)12-8-4-5-9-13(12)16-17(15)22-10-21-16/h1-9H,10H2,(H,19,20). The van der Waals surface area contributed by atoms with Crippen molar-refractivity contribution >= 4 is 16.7 Å². The van der Waals surface area contributed by atoms with Gasteiger partial charge in [-0.1, -0.05) is 54.6 Å². The molecule has 0 amide bonds. The van der Waals surface area contributed by atoms with Crippen LogP contribution in [0.3, 0.4) is 0 Å². The van der Waals surface area contributed by atoms with Crippen LogP contribution in [0.2, 0.25) is 0 Å². The number of hydrogen-bond acceptors (Lipinski definition) is 3. The van der Waals surface area contributed by atoms with Crippen LogP contribution in [-0.2, 0) is 0 Å². The van der Waals surface area contributed by atoms with E-state index in [2.05, 4.69) is 0 Å². The van der Waals surface area contributed by atoms with Gasteiger partial charge in [-0.3, -0.25) is 0 Å². The molecule has 1 N–H and O–H groups in total. The summed E-state index contributed by atoms with van der Waals surface area (Å²) in [5.74, 6) is -0.205. The lowest BCUT2D eigenvalue weighted by atomic mass is 9.92. The maximum Gasteiger partial charge on any atom is 0.340 e. The zero-order valence-corrected chi connectivity index (χ0v) is 11.6. The molecule has 0 atom stereocenters. The topological polar surface area (TPSA) is 55.8 Å². The van der Waals surface area contributed by atoms with Crippen LogP contribution in [0.5, 0.6) is 11.5 Å². The molecule has 1 aliphatic heterocycles. The first-order valence-corrected chi connectivity index (χ1v) is 6.90. The Bertz CT molecular complexity index is 884. The normalized spacial score (nSPS) is 12.5. The highest BCUT2D eigenvalue weighted by Gasteiger charge is 2.29. The Balaban J connectivity index is 2.21. The Labute approximate surface area is 126 Å². The molecular weight excluding hydrogens is 280 g/mol. The number of hydrogen-bond donors (Lipinski definition) is 1. The molecule has 4 heteroatoms. The molecule has 108 valence electrons. The van der Waals surface area contributed by atoms with Crippen LogP contribution >= 0.6 is 0 Å². The van der Waals surface area contributed by atoms with Gasteiger partial charge in [-0.05, 0) is 10.9 Å². The quantitative estimate of drug-likeness (QED) is 0.777. The van der Waals surface area contributed by atoms with Crippen molar-refractivity contribution in [3.63, 3.8) is 0 Å². The molecule has 0 aliphatic carbocycles. The average molecular weight is 292 g/mol. The molecule has 1 heterocycles. The number of rotatable bonds is 2. The molecule has 4 rings (SSSR count). The van der Waals surface area contributed by atoms with E-state index < -0.39 is 5.97 Å². The van der Waals surface area contributed by atoms with E-state index >= 15 is 0 Å². The number of benzene rings is 3.